The van der Waals surface area contributed by atoms with Crippen LogP contribution in [0, 0.1) is 0 Å². The van der Waals surface area contributed by atoms with Crippen LogP contribution in [0.5, 0.6) is 0 Å². The third-order valence-electron chi connectivity index (χ3n) is 4.10. The fourth-order valence-electron chi connectivity index (χ4n) is 2.81. The predicted octanol–water partition coefficient (Wildman–Crippen LogP) is 0.967. The van der Waals surface area contributed by atoms with E-state index in [0.717, 1.165) is 37.4 Å². The lowest BCUT2D eigenvalue weighted by Crippen LogP contribution is -2.43. The summed E-state index contributed by atoms with van der Waals surface area (Å²) in [6.45, 7) is 2.79. The largest absolute Gasteiger partial charge is 0.348 e. The van der Waals surface area contributed by atoms with Crippen molar-refractivity contribution in [2.45, 2.75) is 23.8 Å². The highest BCUT2D eigenvalue weighted by Gasteiger charge is 2.31. The lowest BCUT2D eigenvalue weighted by atomic mass is 10.1. The SMILES string of the molecule is O=C(NC1CCNCC1)c1sccc1S(=O)(=O)N1CCSCC1. The minimum atomic E-state index is -3.58. The van der Waals surface area contributed by atoms with Gasteiger partial charge in [-0.2, -0.15) is 16.1 Å². The Morgan fingerprint density at radius 2 is 1.96 bits per heavy atom. The van der Waals surface area contributed by atoms with Gasteiger partial charge in [0.15, 0.2) is 0 Å². The lowest BCUT2D eigenvalue weighted by molar-refractivity contribution is 0.0930. The van der Waals surface area contributed by atoms with E-state index in [2.05, 4.69) is 10.6 Å². The van der Waals surface area contributed by atoms with Gasteiger partial charge in [-0.1, -0.05) is 0 Å². The van der Waals surface area contributed by atoms with Gasteiger partial charge < -0.3 is 10.6 Å². The van der Waals surface area contributed by atoms with E-state index in [1.54, 1.807) is 23.2 Å². The first-order valence-electron chi connectivity index (χ1n) is 7.76. The van der Waals surface area contributed by atoms with Crippen LogP contribution in [-0.4, -0.2) is 62.4 Å². The van der Waals surface area contributed by atoms with Crippen LogP contribution in [-0.2, 0) is 10.0 Å². The van der Waals surface area contributed by atoms with Crippen LogP contribution in [0.1, 0.15) is 22.5 Å². The number of hydrogen-bond donors (Lipinski definition) is 2. The molecule has 0 aromatic carbocycles. The zero-order chi connectivity index (χ0) is 16.3. The Morgan fingerprint density at radius 3 is 2.65 bits per heavy atom. The topological polar surface area (TPSA) is 78.5 Å². The Hall–Kier alpha value is -0.610. The zero-order valence-electron chi connectivity index (χ0n) is 12.8. The van der Waals surface area contributed by atoms with Crippen molar-refractivity contribution in [2.24, 2.45) is 0 Å². The fraction of sp³-hybridized carbons (Fsp3) is 0.643. The van der Waals surface area contributed by atoms with E-state index in [9.17, 15) is 13.2 Å². The second-order valence-electron chi connectivity index (χ2n) is 5.63. The molecule has 6 nitrogen and oxygen atoms in total. The van der Waals surface area contributed by atoms with Gasteiger partial charge in [0.2, 0.25) is 10.0 Å². The molecule has 1 aromatic rings. The molecular formula is C14H21N3O3S3. The van der Waals surface area contributed by atoms with Gasteiger partial charge in [-0.3, -0.25) is 4.79 Å². The summed E-state index contributed by atoms with van der Waals surface area (Å²) in [7, 11) is -3.58. The van der Waals surface area contributed by atoms with E-state index in [4.69, 9.17) is 0 Å². The van der Waals surface area contributed by atoms with Crippen LogP contribution >= 0.6 is 23.1 Å². The van der Waals surface area contributed by atoms with Crippen LogP contribution in [0.3, 0.4) is 0 Å². The number of piperidine rings is 1. The minimum Gasteiger partial charge on any atom is -0.348 e. The molecule has 128 valence electrons. The first kappa shape index (κ1) is 17.2. The smallest absolute Gasteiger partial charge is 0.262 e. The number of rotatable bonds is 4. The summed E-state index contributed by atoms with van der Waals surface area (Å²) in [6, 6.07) is 1.67. The summed E-state index contributed by atoms with van der Waals surface area (Å²) >= 11 is 2.96. The van der Waals surface area contributed by atoms with E-state index in [1.165, 1.54) is 15.6 Å². The highest BCUT2D eigenvalue weighted by molar-refractivity contribution is 7.99. The van der Waals surface area contributed by atoms with Gasteiger partial charge in [0.1, 0.15) is 9.77 Å². The molecule has 2 saturated heterocycles. The van der Waals surface area contributed by atoms with E-state index >= 15 is 0 Å². The van der Waals surface area contributed by atoms with Crippen LogP contribution < -0.4 is 10.6 Å². The standard InChI is InChI=1S/C14H21N3O3S3/c18-14(16-11-1-4-15-5-2-11)13-12(3-8-22-13)23(19,20)17-6-9-21-10-7-17/h3,8,11,15H,1-2,4-7,9-10H2,(H,16,18). The van der Waals surface area contributed by atoms with E-state index in [0.29, 0.717) is 18.0 Å². The average Bonchev–Trinajstić information content (AvgIpc) is 3.07. The van der Waals surface area contributed by atoms with Gasteiger partial charge in [0, 0.05) is 30.6 Å². The first-order valence-corrected chi connectivity index (χ1v) is 11.2. The van der Waals surface area contributed by atoms with Crippen LogP contribution in [0.2, 0.25) is 0 Å². The van der Waals surface area contributed by atoms with Crippen molar-refractivity contribution >= 4 is 39.0 Å². The van der Waals surface area contributed by atoms with E-state index < -0.39 is 10.0 Å². The molecule has 0 bridgehead atoms. The maximum Gasteiger partial charge on any atom is 0.262 e. The molecule has 3 rings (SSSR count). The molecule has 0 spiro atoms. The number of carbonyl (C=O) groups excluding carboxylic acids is 1. The molecule has 1 amide bonds. The summed E-state index contributed by atoms with van der Waals surface area (Å²) in [5.41, 5.74) is 0. The molecule has 2 aliphatic heterocycles. The van der Waals surface area contributed by atoms with Crippen molar-refractivity contribution in [3.8, 4) is 0 Å². The second-order valence-corrected chi connectivity index (χ2v) is 9.68. The Labute approximate surface area is 145 Å². The molecule has 0 unspecified atom stereocenters. The van der Waals surface area contributed by atoms with Gasteiger partial charge in [0.25, 0.3) is 5.91 Å². The molecule has 23 heavy (non-hydrogen) atoms. The van der Waals surface area contributed by atoms with Crippen molar-refractivity contribution < 1.29 is 13.2 Å². The maximum atomic E-state index is 12.8. The molecule has 2 aliphatic rings. The minimum absolute atomic E-state index is 0.118. The quantitative estimate of drug-likeness (QED) is 0.820. The molecule has 2 fully saturated rings. The molecule has 0 saturated carbocycles. The number of amides is 1. The number of sulfonamides is 1. The second kappa shape index (κ2) is 7.52. The maximum absolute atomic E-state index is 12.8. The highest BCUT2D eigenvalue weighted by atomic mass is 32.2. The van der Waals surface area contributed by atoms with Gasteiger partial charge in [-0.05, 0) is 37.4 Å². The van der Waals surface area contributed by atoms with Crippen molar-refractivity contribution in [1.29, 1.82) is 0 Å². The first-order chi connectivity index (χ1) is 11.1. The number of nitrogens with one attached hydrogen (secondary N) is 2. The van der Waals surface area contributed by atoms with Gasteiger partial charge in [-0.15, -0.1) is 11.3 Å². The molecule has 0 atom stereocenters. The van der Waals surface area contributed by atoms with Crippen LogP contribution in [0.15, 0.2) is 16.3 Å². The predicted molar refractivity (Wildman–Crippen MR) is 93.8 cm³/mol. The Morgan fingerprint density at radius 1 is 1.26 bits per heavy atom. The summed E-state index contributed by atoms with van der Waals surface area (Å²) in [5.74, 6) is 1.34. The molecule has 9 heteroatoms. The van der Waals surface area contributed by atoms with Crippen molar-refractivity contribution in [1.82, 2.24) is 14.9 Å². The average molecular weight is 376 g/mol. The van der Waals surface area contributed by atoms with Crippen molar-refractivity contribution in [3.05, 3.63) is 16.3 Å². The number of hydrogen-bond acceptors (Lipinski definition) is 6. The monoisotopic (exact) mass is 375 g/mol. The Bertz CT molecular complexity index is 647. The number of thiophene rings is 1. The number of nitrogens with zero attached hydrogens (tertiary/aromatic N) is 1. The van der Waals surface area contributed by atoms with Crippen molar-refractivity contribution in [2.75, 3.05) is 37.7 Å². The fourth-order valence-corrected chi connectivity index (χ4v) is 6.69. The summed E-state index contributed by atoms with van der Waals surface area (Å²) < 4.78 is 27.1. The van der Waals surface area contributed by atoms with E-state index in [1.807, 2.05) is 0 Å². The third kappa shape index (κ3) is 3.90. The Kier molecular flexibility index (Phi) is 5.63. The molecule has 1 aromatic heterocycles. The molecular weight excluding hydrogens is 354 g/mol. The van der Waals surface area contributed by atoms with Crippen LogP contribution in [0.25, 0.3) is 0 Å². The lowest BCUT2D eigenvalue weighted by Gasteiger charge is -2.26. The molecule has 0 radical (unpaired) electrons. The van der Waals surface area contributed by atoms with E-state index in [-0.39, 0.29) is 16.8 Å². The van der Waals surface area contributed by atoms with Gasteiger partial charge >= 0.3 is 0 Å². The zero-order valence-corrected chi connectivity index (χ0v) is 15.2. The summed E-state index contributed by atoms with van der Waals surface area (Å²) in [4.78, 5) is 13.0. The third-order valence-corrected chi connectivity index (χ3v) is 8.02. The van der Waals surface area contributed by atoms with Crippen molar-refractivity contribution in [3.63, 3.8) is 0 Å². The number of carbonyl (C=O) groups is 1. The number of thioether (sulfide) groups is 1. The van der Waals surface area contributed by atoms with Crippen LogP contribution in [0.4, 0.5) is 0 Å². The molecule has 0 aliphatic carbocycles. The summed E-state index contributed by atoms with van der Waals surface area (Å²) in [5, 5.41) is 7.91. The molecule has 2 N–H and O–H groups in total. The molecule has 3 heterocycles. The van der Waals surface area contributed by atoms with Gasteiger partial charge in [0.05, 0.1) is 0 Å². The normalized spacial score (nSPS) is 21.2. The summed E-state index contributed by atoms with van der Waals surface area (Å²) in [6.07, 6.45) is 1.76. The Balaban J connectivity index is 1.76. The highest BCUT2D eigenvalue weighted by Crippen LogP contribution is 2.27. The van der Waals surface area contributed by atoms with Gasteiger partial charge in [-0.25, -0.2) is 8.42 Å².